The van der Waals surface area contributed by atoms with Crippen LogP contribution in [-0.2, 0) is 4.79 Å². The fraction of sp³-hybridized carbons (Fsp3) is 0.300. The average Bonchev–Trinajstić information content (AvgIpc) is 3.34. The standard InChI is InChI=1S/C20H20N4O3S2/c25-17-7-6-14(11-22-15-5-1-3-13-4-2-8-21-18(13)15)24(17)9-10-28-20-23-16(12-29-20)19(26)27/h1-5,8,12,14,22H,6-7,9-11H2,(H,26,27). The molecule has 29 heavy (non-hydrogen) atoms. The van der Waals surface area contributed by atoms with Gasteiger partial charge in [-0.05, 0) is 18.6 Å². The Bertz CT molecular complexity index is 1030. The Morgan fingerprint density at radius 2 is 2.21 bits per heavy atom. The summed E-state index contributed by atoms with van der Waals surface area (Å²) in [5, 5.41) is 15.0. The molecule has 3 heterocycles. The van der Waals surface area contributed by atoms with Crippen LogP contribution in [-0.4, -0.2) is 56.7 Å². The second-order valence-electron chi connectivity index (χ2n) is 6.69. The average molecular weight is 429 g/mol. The lowest BCUT2D eigenvalue weighted by Crippen LogP contribution is -2.39. The molecule has 1 fully saturated rings. The molecule has 0 saturated carbocycles. The van der Waals surface area contributed by atoms with Crippen molar-refractivity contribution >= 4 is 51.6 Å². The number of rotatable bonds is 8. The van der Waals surface area contributed by atoms with E-state index in [0.717, 1.165) is 23.0 Å². The summed E-state index contributed by atoms with van der Waals surface area (Å²) in [7, 11) is 0. The number of likely N-dealkylation sites (tertiary alicyclic amines) is 1. The minimum Gasteiger partial charge on any atom is -0.476 e. The normalized spacial score (nSPS) is 16.5. The molecule has 7 nitrogen and oxygen atoms in total. The number of thiazole rings is 1. The van der Waals surface area contributed by atoms with Crippen molar-refractivity contribution in [1.29, 1.82) is 0 Å². The quantitative estimate of drug-likeness (QED) is 0.530. The Balaban J connectivity index is 1.34. The van der Waals surface area contributed by atoms with Gasteiger partial charge in [0.1, 0.15) is 0 Å². The molecule has 0 radical (unpaired) electrons. The highest BCUT2D eigenvalue weighted by Gasteiger charge is 2.30. The molecule has 1 aliphatic heterocycles. The van der Waals surface area contributed by atoms with Crippen LogP contribution in [0.2, 0.25) is 0 Å². The SMILES string of the molecule is O=C(O)c1csc(SCCN2C(=O)CCC2CNc2cccc3cccnc23)n1. The molecular formula is C20H20N4O3S2. The van der Waals surface area contributed by atoms with Gasteiger partial charge in [-0.1, -0.05) is 30.0 Å². The highest BCUT2D eigenvalue weighted by molar-refractivity contribution is 8.01. The van der Waals surface area contributed by atoms with Crippen LogP contribution in [0.5, 0.6) is 0 Å². The first-order valence-corrected chi connectivity index (χ1v) is 11.2. The van der Waals surface area contributed by atoms with E-state index < -0.39 is 5.97 Å². The molecule has 0 aliphatic carbocycles. The van der Waals surface area contributed by atoms with Gasteiger partial charge in [0.2, 0.25) is 5.91 Å². The molecule has 2 aromatic heterocycles. The topological polar surface area (TPSA) is 95.4 Å². The number of carbonyl (C=O) groups excluding carboxylic acids is 1. The Kier molecular flexibility index (Phi) is 5.96. The van der Waals surface area contributed by atoms with Crippen molar-refractivity contribution in [2.24, 2.45) is 0 Å². The number of aromatic nitrogens is 2. The maximum atomic E-state index is 12.3. The number of anilines is 1. The maximum Gasteiger partial charge on any atom is 0.355 e. The van der Waals surface area contributed by atoms with Gasteiger partial charge < -0.3 is 15.3 Å². The highest BCUT2D eigenvalue weighted by atomic mass is 32.2. The van der Waals surface area contributed by atoms with Gasteiger partial charge in [-0.15, -0.1) is 11.3 Å². The fourth-order valence-electron chi connectivity index (χ4n) is 3.44. The van der Waals surface area contributed by atoms with Gasteiger partial charge in [-0.25, -0.2) is 9.78 Å². The van der Waals surface area contributed by atoms with Crippen LogP contribution in [0, 0.1) is 0 Å². The Hall–Kier alpha value is -2.65. The molecular weight excluding hydrogens is 408 g/mol. The first-order valence-electron chi connectivity index (χ1n) is 9.30. The summed E-state index contributed by atoms with van der Waals surface area (Å²) >= 11 is 2.80. The molecule has 1 amide bonds. The number of hydrogen-bond acceptors (Lipinski definition) is 7. The molecule has 1 aliphatic rings. The molecule has 1 unspecified atom stereocenters. The summed E-state index contributed by atoms with van der Waals surface area (Å²) < 4.78 is 0.713. The van der Waals surface area contributed by atoms with Gasteiger partial charge in [0.05, 0.1) is 11.2 Å². The van der Waals surface area contributed by atoms with Crippen molar-refractivity contribution in [2.75, 3.05) is 24.2 Å². The maximum absolute atomic E-state index is 12.3. The van der Waals surface area contributed by atoms with Gasteiger partial charge in [0.15, 0.2) is 10.0 Å². The van der Waals surface area contributed by atoms with E-state index >= 15 is 0 Å². The summed E-state index contributed by atoms with van der Waals surface area (Å²) in [6.45, 7) is 1.29. The third-order valence-corrected chi connectivity index (χ3v) is 6.87. The number of fused-ring (bicyclic) bond motifs is 1. The predicted octanol–water partition coefficient (Wildman–Crippen LogP) is 3.58. The first-order chi connectivity index (χ1) is 14.1. The van der Waals surface area contributed by atoms with Gasteiger partial charge in [0, 0.05) is 48.3 Å². The van der Waals surface area contributed by atoms with Crippen molar-refractivity contribution in [3.05, 3.63) is 47.6 Å². The van der Waals surface area contributed by atoms with E-state index in [9.17, 15) is 9.59 Å². The van der Waals surface area contributed by atoms with Crippen molar-refractivity contribution in [3.63, 3.8) is 0 Å². The second-order valence-corrected chi connectivity index (χ2v) is 8.89. The molecule has 9 heteroatoms. The summed E-state index contributed by atoms with van der Waals surface area (Å²) in [6.07, 6.45) is 3.17. The van der Waals surface area contributed by atoms with Crippen LogP contribution < -0.4 is 5.32 Å². The number of amides is 1. The van der Waals surface area contributed by atoms with Gasteiger partial charge in [-0.3, -0.25) is 9.78 Å². The lowest BCUT2D eigenvalue weighted by atomic mass is 10.1. The van der Waals surface area contributed by atoms with Crippen LogP contribution in [0.25, 0.3) is 10.9 Å². The molecule has 1 aromatic carbocycles. The minimum absolute atomic E-state index is 0.0699. The first kappa shape index (κ1) is 19.7. The number of pyridine rings is 1. The number of nitrogens with one attached hydrogen (secondary N) is 1. The number of nitrogens with zero attached hydrogens (tertiary/aromatic N) is 3. The number of carboxylic acid groups (broad SMARTS) is 1. The number of thioether (sulfide) groups is 1. The molecule has 0 spiro atoms. The smallest absolute Gasteiger partial charge is 0.355 e. The molecule has 1 saturated heterocycles. The van der Waals surface area contributed by atoms with Crippen molar-refractivity contribution in [2.45, 2.75) is 23.2 Å². The summed E-state index contributed by atoms with van der Waals surface area (Å²) in [4.78, 5) is 33.7. The number of aromatic carboxylic acids is 1. The summed E-state index contributed by atoms with van der Waals surface area (Å²) in [5.74, 6) is -0.166. The number of para-hydroxylation sites is 1. The largest absolute Gasteiger partial charge is 0.476 e. The number of carboxylic acids is 1. The van der Waals surface area contributed by atoms with Crippen LogP contribution in [0.3, 0.4) is 0 Å². The van der Waals surface area contributed by atoms with Crippen LogP contribution in [0.1, 0.15) is 23.3 Å². The molecule has 0 bridgehead atoms. The van der Waals surface area contributed by atoms with Gasteiger partial charge in [-0.2, -0.15) is 0 Å². The lowest BCUT2D eigenvalue weighted by molar-refractivity contribution is -0.128. The van der Waals surface area contributed by atoms with E-state index in [1.54, 1.807) is 6.20 Å². The second kappa shape index (κ2) is 8.79. The Morgan fingerprint density at radius 1 is 1.34 bits per heavy atom. The zero-order valence-electron chi connectivity index (χ0n) is 15.6. The van der Waals surface area contributed by atoms with E-state index in [-0.39, 0.29) is 17.6 Å². The highest BCUT2D eigenvalue weighted by Crippen LogP contribution is 2.26. The van der Waals surface area contributed by atoms with E-state index in [1.807, 2.05) is 35.2 Å². The van der Waals surface area contributed by atoms with Crippen LogP contribution in [0.4, 0.5) is 5.69 Å². The number of carbonyl (C=O) groups is 2. The third-order valence-electron chi connectivity index (χ3n) is 4.87. The minimum atomic E-state index is -1.02. The van der Waals surface area contributed by atoms with E-state index in [1.165, 1.54) is 28.5 Å². The van der Waals surface area contributed by atoms with Crippen molar-refractivity contribution in [1.82, 2.24) is 14.9 Å². The molecule has 2 N–H and O–H groups in total. The number of hydrogen-bond donors (Lipinski definition) is 2. The summed E-state index contributed by atoms with van der Waals surface area (Å²) in [6, 6.07) is 10.1. The fourth-order valence-corrected chi connectivity index (χ4v) is 5.25. The molecule has 150 valence electrons. The molecule has 3 aromatic rings. The third kappa shape index (κ3) is 4.51. The summed E-state index contributed by atoms with van der Waals surface area (Å²) in [5.41, 5.74) is 1.97. The van der Waals surface area contributed by atoms with Crippen molar-refractivity contribution < 1.29 is 14.7 Å². The Morgan fingerprint density at radius 3 is 3.03 bits per heavy atom. The Labute approximate surface area is 176 Å². The van der Waals surface area contributed by atoms with Gasteiger partial charge in [0.25, 0.3) is 0 Å². The van der Waals surface area contributed by atoms with E-state index in [0.29, 0.717) is 29.6 Å². The monoisotopic (exact) mass is 428 g/mol. The molecule has 1 atom stereocenters. The lowest BCUT2D eigenvalue weighted by Gasteiger charge is -2.25. The van der Waals surface area contributed by atoms with Crippen LogP contribution >= 0.6 is 23.1 Å². The van der Waals surface area contributed by atoms with E-state index in [4.69, 9.17) is 5.11 Å². The zero-order valence-corrected chi connectivity index (χ0v) is 17.2. The van der Waals surface area contributed by atoms with Gasteiger partial charge >= 0.3 is 5.97 Å². The van der Waals surface area contributed by atoms with Crippen LogP contribution in [0.15, 0.2) is 46.2 Å². The number of benzene rings is 1. The van der Waals surface area contributed by atoms with Crippen molar-refractivity contribution in [3.8, 4) is 0 Å². The zero-order chi connectivity index (χ0) is 20.2. The molecule has 4 rings (SSSR count). The predicted molar refractivity (Wildman–Crippen MR) is 115 cm³/mol. The van der Waals surface area contributed by atoms with E-state index in [2.05, 4.69) is 15.3 Å².